The van der Waals surface area contributed by atoms with Crippen molar-refractivity contribution in [1.29, 1.82) is 0 Å². The van der Waals surface area contributed by atoms with Gasteiger partial charge in [0.15, 0.2) is 0 Å². The molecule has 182 valence electrons. The summed E-state index contributed by atoms with van der Waals surface area (Å²) in [6.07, 6.45) is 23.3. The summed E-state index contributed by atoms with van der Waals surface area (Å²) in [4.78, 5) is 0. The topological polar surface area (TPSA) is 0 Å². The first kappa shape index (κ1) is 25.0. The second-order valence-corrected chi connectivity index (χ2v) is 11.0. The highest BCUT2D eigenvalue weighted by Crippen LogP contribution is 2.39. The molecule has 1 unspecified atom stereocenters. The van der Waals surface area contributed by atoms with Crippen molar-refractivity contribution in [2.75, 3.05) is 0 Å². The molecule has 0 N–H and O–H groups in total. The molecule has 0 saturated heterocycles. The van der Waals surface area contributed by atoms with E-state index in [1.807, 2.05) is 6.08 Å². The van der Waals surface area contributed by atoms with Crippen LogP contribution in [0.5, 0.6) is 0 Å². The predicted octanol–water partition coefficient (Wildman–Crippen LogP) is 10.8. The van der Waals surface area contributed by atoms with Gasteiger partial charge in [-0.25, -0.2) is 0 Å². The van der Waals surface area contributed by atoms with Gasteiger partial charge in [0.2, 0.25) is 0 Å². The zero-order valence-electron chi connectivity index (χ0n) is 21.6. The van der Waals surface area contributed by atoms with E-state index in [-0.39, 0.29) is 0 Å². The van der Waals surface area contributed by atoms with Crippen molar-refractivity contribution < 1.29 is 0 Å². The minimum absolute atomic E-state index is 0.691. The molecule has 1 atom stereocenters. The lowest BCUT2D eigenvalue weighted by Gasteiger charge is -2.29. The fourth-order valence-corrected chi connectivity index (χ4v) is 6.25. The summed E-state index contributed by atoms with van der Waals surface area (Å²) in [5, 5.41) is 0. The zero-order chi connectivity index (χ0) is 23.6. The Morgan fingerprint density at radius 3 is 1.97 bits per heavy atom. The Kier molecular flexibility index (Phi) is 9.66. The maximum Gasteiger partial charge on any atom is -0.0124 e. The third-order valence-electron chi connectivity index (χ3n) is 8.57. The first-order chi connectivity index (χ1) is 16.8. The lowest BCUT2D eigenvalue weighted by Crippen LogP contribution is -2.13. The van der Waals surface area contributed by atoms with Gasteiger partial charge in [-0.3, -0.25) is 0 Å². The Morgan fingerprint density at radius 2 is 1.41 bits per heavy atom. The smallest absolute Gasteiger partial charge is 0.0124 e. The van der Waals surface area contributed by atoms with E-state index >= 15 is 0 Å². The van der Waals surface area contributed by atoms with Gasteiger partial charge in [0.1, 0.15) is 0 Å². The van der Waals surface area contributed by atoms with Gasteiger partial charge in [-0.15, -0.1) is 6.58 Å². The van der Waals surface area contributed by atoms with Gasteiger partial charge < -0.3 is 0 Å². The molecule has 0 amide bonds. The number of hydrogen-bond acceptors (Lipinski definition) is 0. The molecular weight excluding hydrogens is 408 g/mol. The van der Waals surface area contributed by atoms with E-state index in [2.05, 4.69) is 68.1 Å². The summed E-state index contributed by atoms with van der Waals surface area (Å²) in [5.41, 5.74) is 7.45. The van der Waals surface area contributed by atoms with Crippen LogP contribution in [0.2, 0.25) is 0 Å². The first-order valence-electron chi connectivity index (χ1n) is 14.3. The van der Waals surface area contributed by atoms with E-state index < -0.39 is 0 Å². The molecule has 0 nitrogen and oxygen atoms in total. The number of hydrogen-bond donors (Lipinski definition) is 0. The molecule has 2 aromatic rings. The van der Waals surface area contributed by atoms with E-state index in [1.54, 1.807) is 11.1 Å². The molecule has 2 aliphatic carbocycles. The molecule has 0 aromatic heterocycles. The van der Waals surface area contributed by atoms with Crippen LogP contribution in [-0.4, -0.2) is 0 Å². The van der Waals surface area contributed by atoms with Crippen LogP contribution in [0.1, 0.15) is 120 Å². The van der Waals surface area contributed by atoms with Gasteiger partial charge in [-0.05, 0) is 104 Å². The van der Waals surface area contributed by atoms with Crippen LogP contribution in [0, 0.1) is 5.92 Å². The molecule has 2 aliphatic rings. The quantitative estimate of drug-likeness (QED) is 0.234. The predicted molar refractivity (Wildman–Crippen MR) is 149 cm³/mol. The van der Waals surface area contributed by atoms with Crippen molar-refractivity contribution in [3.05, 3.63) is 84.0 Å². The molecule has 4 rings (SSSR count). The molecule has 0 heteroatoms. The van der Waals surface area contributed by atoms with Gasteiger partial charge in [0, 0.05) is 0 Å². The SMILES string of the molecule is C=CCCCC1=CCC(c2ccc(-c3ccc(C4CCC(CCCCC)CC4)cc3)cc2)CC1. The Morgan fingerprint density at radius 1 is 0.765 bits per heavy atom. The highest BCUT2D eigenvalue weighted by atomic mass is 14.3. The summed E-state index contributed by atoms with van der Waals surface area (Å²) < 4.78 is 0. The summed E-state index contributed by atoms with van der Waals surface area (Å²) in [7, 11) is 0. The van der Waals surface area contributed by atoms with Crippen LogP contribution in [0.15, 0.2) is 72.8 Å². The maximum absolute atomic E-state index is 3.84. The average Bonchev–Trinajstić information content (AvgIpc) is 2.90. The Balaban J connectivity index is 1.28. The van der Waals surface area contributed by atoms with Crippen molar-refractivity contribution in [1.82, 2.24) is 0 Å². The second kappa shape index (κ2) is 13.1. The first-order valence-corrected chi connectivity index (χ1v) is 14.3. The molecule has 0 heterocycles. The fraction of sp³-hybridized carbons (Fsp3) is 0.529. The Hall–Kier alpha value is -2.08. The van der Waals surface area contributed by atoms with Crippen molar-refractivity contribution in [3.63, 3.8) is 0 Å². The van der Waals surface area contributed by atoms with Gasteiger partial charge in [0.05, 0.1) is 0 Å². The van der Waals surface area contributed by atoms with Crippen molar-refractivity contribution >= 4 is 0 Å². The number of allylic oxidation sites excluding steroid dienone is 3. The fourth-order valence-electron chi connectivity index (χ4n) is 6.25. The standard InChI is InChI=1S/C34H46/c1-3-5-7-9-27-11-15-29(16-12-27)31-19-23-33(24-20-31)34-25-21-32(22-26-34)30-17-13-28(14-18-30)10-8-6-4-2/h3,11,19-26,28-30H,1,4-10,12-18H2,2H3. The molecular formula is C34H46. The van der Waals surface area contributed by atoms with Crippen molar-refractivity contribution in [2.45, 2.75) is 109 Å². The monoisotopic (exact) mass is 454 g/mol. The van der Waals surface area contributed by atoms with Crippen LogP contribution >= 0.6 is 0 Å². The molecule has 0 aliphatic heterocycles. The maximum atomic E-state index is 3.84. The van der Waals surface area contributed by atoms with E-state index in [0.717, 1.165) is 18.3 Å². The van der Waals surface area contributed by atoms with Crippen molar-refractivity contribution in [3.8, 4) is 11.1 Å². The third-order valence-corrected chi connectivity index (χ3v) is 8.57. The minimum Gasteiger partial charge on any atom is -0.103 e. The minimum atomic E-state index is 0.691. The molecule has 1 fully saturated rings. The van der Waals surface area contributed by atoms with Gasteiger partial charge in [-0.2, -0.15) is 0 Å². The summed E-state index contributed by atoms with van der Waals surface area (Å²) >= 11 is 0. The lowest BCUT2D eigenvalue weighted by molar-refractivity contribution is 0.303. The molecule has 0 spiro atoms. The summed E-state index contributed by atoms with van der Waals surface area (Å²) in [6, 6.07) is 19.0. The van der Waals surface area contributed by atoms with E-state index in [0.29, 0.717) is 5.92 Å². The van der Waals surface area contributed by atoms with Crippen LogP contribution in [0.3, 0.4) is 0 Å². The van der Waals surface area contributed by atoms with Gasteiger partial charge in [-0.1, -0.05) is 98.9 Å². The van der Waals surface area contributed by atoms with Crippen LogP contribution in [0.4, 0.5) is 0 Å². The molecule has 0 radical (unpaired) electrons. The van der Waals surface area contributed by atoms with Gasteiger partial charge in [0.25, 0.3) is 0 Å². The summed E-state index contributed by atoms with van der Waals surface area (Å²) in [6.45, 7) is 6.15. The van der Waals surface area contributed by atoms with Crippen LogP contribution in [0.25, 0.3) is 11.1 Å². The van der Waals surface area contributed by atoms with Gasteiger partial charge >= 0.3 is 0 Å². The van der Waals surface area contributed by atoms with Crippen LogP contribution in [-0.2, 0) is 0 Å². The van der Waals surface area contributed by atoms with E-state index in [1.165, 1.54) is 100 Å². The second-order valence-electron chi connectivity index (χ2n) is 11.0. The van der Waals surface area contributed by atoms with Crippen molar-refractivity contribution in [2.24, 2.45) is 5.92 Å². The largest absolute Gasteiger partial charge is 0.103 e. The average molecular weight is 455 g/mol. The molecule has 34 heavy (non-hydrogen) atoms. The molecule has 2 aromatic carbocycles. The lowest BCUT2D eigenvalue weighted by atomic mass is 9.77. The Bertz CT molecular complexity index is 890. The highest BCUT2D eigenvalue weighted by Gasteiger charge is 2.22. The number of unbranched alkanes of at least 4 members (excludes halogenated alkanes) is 3. The third kappa shape index (κ3) is 6.97. The number of rotatable bonds is 11. The van der Waals surface area contributed by atoms with E-state index in [9.17, 15) is 0 Å². The Labute approximate surface area is 209 Å². The van der Waals surface area contributed by atoms with E-state index in [4.69, 9.17) is 0 Å². The highest BCUT2D eigenvalue weighted by molar-refractivity contribution is 5.64. The normalized spacial score (nSPS) is 22.9. The molecule has 0 bridgehead atoms. The summed E-state index contributed by atoms with van der Waals surface area (Å²) in [5.74, 6) is 2.46. The van der Waals surface area contributed by atoms with Crippen LogP contribution < -0.4 is 0 Å². The molecule has 1 saturated carbocycles. The number of benzene rings is 2. The zero-order valence-corrected chi connectivity index (χ0v) is 21.6.